The van der Waals surface area contributed by atoms with E-state index in [1.54, 1.807) is 23.9 Å². The lowest BCUT2D eigenvalue weighted by molar-refractivity contribution is 0.0724. The third kappa shape index (κ3) is 4.59. The third-order valence-corrected chi connectivity index (χ3v) is 6.61. The molecule has 1 saturated heterocycles. The Morgan fingerprint density at radius 1 is 1.15 bits per heavy atom. The Labute approximate surface area is 207 Å². The number of amides is 1. The number of likely N-dealkylation sites (tertiary alicyclic amines) is 1. The SMILES string of the molecule is COC1CCN(C(=O)c2ccc(-c3cc(NCc4ccc(Cl)cc4Cl)n4nccc4n3)cc2)C1. The van der Waals surface area contributed by atoms with Crippen molar-refractivity contribution in [3.05, 3.63) is 82.0 Å². The Bertz CT molecular complexity index is 1340. The number of carbonyl (C=O) groups excluding carboxylic acids is 1. The fraction of sp³-hybridized carbons (Fsp3) is 0.240. The van der Waals surface area contributed by atoms with Crippen molar-refractivity contribution in [2.75, 3.05) is 25.5 Å². The van der Waals surface area contributed by atoms with Gasteiger partial charge in [-0.05, 0) is 36.2 Å². The molecule has 0 bridgehead atoms. The number of aromatic nitrogens is 3. The number of fused-ring (bicyclic) bond motifs is 1. The van der Waals surface area contributed by atoms with Crippen LogP contribution >= 0.6 is 23.2 Å². The normalized spacial score (nSPS) is 15.7. The summed E-state index contributed by atoms with van der Waals surface area (Å²) in [5.41, 5.74) is 3.97. The molecule has 1 aliphatic rings. The van der Waals surface area contributed by atoms with Gasteiger partial charge in [0, 0.05) is 60.0 Å². The van der Waals surface area contributed by atoms with Gasteiger partial charge >= 0.3 is 0 Å². The molecule has 7 nitrogen and oxygen atoms in total. The lowest BCUT2D eigenvalue weighted by Crippen LogP contribution is -2.29. The molecule has 5 rings (SSSR count). The van der Waals surface area contributed by atoms with Gasteiger partial charge in [-0.25, -0.2) is 4.98 Å². The lowest BCUT2D eigenvalue weighted by atomic mass is 10.1. The number of rotatable bonds is 6. The van der Waals surface area contributed by atoms with Gasteiger partial charge in [0.1, 0.15) is 5.82 Å². The number of benzene rings is 2. The van der Waals surface area contributed by atoms with Gasteiger partial charge in [0.15, 0.2) is 5.65 Å². The quantitative estimate of drug-likeness (QED) is 0.399. The molecule has 34 heavy (non-hydrogen) atoms. The van der Waals surface area contributed by atoms with Crippen molar-refractivity contribution >= 4 is 40.6 Å². The monoisotopic (exact) mass is 495 g/mol. The van der Waals surface area contributed by atoms with Crippen LogP contribution in [-0.4, -0.2) is 51.7 Å². The Balaban J connectivity index is 1.38. The van der Waals surface area contributed by atoms with E-state index in [1.807, 2.05) is 53.4 Å². The van der Waals surface area contributed by atoms with Crippen LogP contribution in [0.5, 0.6) is 0 Å². The number of hydrogen-bond donors (Lipinski definition) is 1. The maximum Gasteiger partial charge on any atom is 0.253 e. The second-order valence-electron chi connectivity index (χ2n) is 8.19. The van der Waals surface area contributed by atoms with E-state index in [1.165, 1.54) is 0 Å². The van der Waals surface area contributed by atoms with Gasteiger partial charge in [-0.2, -0.15) is 9.61 Å². The molecule has 0 spiro atoms. The van der Waals surface area contributed by atoms with Crippen LogP contribution in [0.3, 0.4) is 0 Å². The Kier molecular flexibility index (Phi) is 6.41. The van der Waals surface area contributed by atoms with Crippen molar-refractivity contribution < 1.29 is 9.53 Å². The maximum absolute atomic E-state index is 12.8. The van der Waals surface area contributed by atoms with Gasteiger partial charge < -0.3 is 15.0 Å². The summed E-state index contributed by atoms with van der Waals surface area (Å²) in [5, 5.41) is 8.97. The average molecular weight is 496 g/mol. The minimum atomic E-state index is 0.0208. The van der Waals surface area contributed by atoms with E-state index in [0.717, 1.165) is 29.1 Å². The molecular weight excluding hydrogens is 473 g/mol. The fourth-order valence-electron chi connectivity index (χ4n) is 4.11. The molecule has 2 aromatic carbocycles. The number of halogens is 2. The zero-order valence-electron chi connectivity index (χ0n) is 18.5. The van der Waals surface area contributed by atoms with Gasteiger partial charge in [0.25, 0.3) is 5.91 Å². The highest BCUT2D eigenvalue weighted by molar-refractivity contribution is 6.35. The predicted molar refractivity (Wildman–Crippen MR) is 134 cm³/mol. The molecule has 3 heterocycles. The second kappa shape index (κ2) is 9.62. The second-order valence-corrected chi connectivity index (χ2v) is 9.04. The Hall–Kier alpha value is -3.13. The zero-order chi connectivity index (χ0) is 23.7. The summed E-state index contributed by atoms with van der Waals surface area (Å²) in [7, 11) is 1.69. The van der Waals surface area contributed by atoms with Crippen molar-refractivity contribution in [2.24, 2.45) is 0 Å². The molecule has 9 heteroatoms. The minimum absolute atomic E-state index is 0.0208. The average Bonchev–Trinajstić information content (AvgIpc) is 3.52. The molecule has 0 saturated carbocycles. The van der Waals surface area contributed by atoms with Gasteiger partial charge in [-0.15, -0.1) is 0 Å². The van der Waals surface area contributed by atoms with E-state index in [2.05, 4.69) is 10.4 Å². The summed E-state index contributed by atoms with van der Waals surface area (Å²) >= 11 is 12.3. The Morgan fingerprint density at radius 2 is 1.97 bits per heavy atom. The highest BCUT2D eigenvalue weighted by atomic mass is 35.5. The van der Waals surface area contributed by atoms with Crippen molar-refractivity contribution in [2.45, 2.75) is 19.1 Å². The number of ether oxygens (including phenoxy) is 1. The largest absolute Gasteiger partial charge is 0.380 e. The molecule has 0 aliphatic carbocycles. The maximum atomic E-state index is 12.8. The van der Waals surface area contributed by atoms with Crippen molar-refractivity contribution in [3.8, 4) is 11.3 Å². The molecule has 1 atom stereocenters. The summed E-state index contributed by atoms with van der Waals surface area (Å²) in [6.07, 6.45) is 2.69. The molecule has 2 aromatic heterocycles. The Morgan fingerprint density at radius 3 is 2.71 bits per heavy atom. The number of carbonyl (C=O) groups is 1. The van der Waals surface area contributed by atoms with Gasteiger partial charge in [0.05, 0.1) is 18.0 Å². The summed E-state index contributed by atoms with van der Waals surface area (Å²) < 4.78 is 7.12. The molecule has 1 aliphatic heterocycles. The van der Waals surface area contributed by atoms with Crippen molar-refractivity contribution in [1.82, 2.24) is 19.5 Å². The van der Waals surface area contributed by atoms with E-state index in [-0.39, 0.29) is 12.0 Å². The first-order valence-corrected chi connectivity index (χ1v) is 11.7. The summed E-state index contributed by atoms with van der Waals surface area (Å²) in [5.74, 6) is 0.798. The summed E-state index contributed by atoms with van der Waals surface area (Å²) in [6.45, 7) is 1.84. The first kappa shape index (κ1) is 22.7. The van der Waals surface area contributed by atoms with E-state index in [0.29, 0.717) is 40.9 Å². The highest BCUT2D eigenvalue weighted by Gasteiger charge is 2.26. The van der Waals surface area contributed by atoms with Gasteiger partial charge in [-0.3, -0.25) is 4.79 Å². The zero-order valence-corrected chi connectivity index (χ0v) is 20.1. The van der Waals surface area contributed by atoms with Crippen LogP contribution in [0, 0.1) is 0 Å². The van der Waals surface area contributed by atoms with Crippen LogP contribution in [0.1, 0.15) is 22.3 Å². The lowest BCUT2D eigenvalue weighted by Gasteiger charge is -2.16. The molecule has 174 valence electrons. The van der Waals surface area contributed by atoms with Crippen molar-refractivity contribution in [3.63, 3.8) is 0 Å². The topological polar surface area (TPSA) is 71.8 Å². The molecule has 1 amide bonds. The van der Waals surface area contributed by atoms with E-state index in [4.69, 9.17) is 32.9 Å². The van der Waals surface area contributed by atoms with Crippen molar-refractivity contribution in [1.29, 1.82) is 0 Å². The van der Waals surface area contributed by atoms with Crippen LogP contribution in [0.2, 0.25) is 10.0 Å². The van der Waals surface area contributed by atoms with Crippen LogP contribution in [-0.2, 0) is 11.3 Å². The number of nitrogens with one attached hydrogen (secondary N) is 1. The third-order valence-electron chi connectivity index (χ3n) is 6.03. The molecule has 0 radical (unpaired) electrons. The number of nitrogens with zero attached hydrogens (tertiary/aromatic N) is 4. The summed E-state index contributed by atoms with van der Waals surface area (Å²) in [6, 6.07) is 16.8. The number of anilines is 1. The van der Waals surface area contributed by atoms with Crippen LogP contribution < -0.4 is 5.32 Å². The predicted octanol–water partition coefficient (Wildman–Crippen LogP) is 5.18. The van der Waals surface area contributed by atoms with E-state index >= 15 is 0 Å². The molecule has 4 aromatic rings. The molecule has 1 unspecified atom stereocenters. The smallest absolute Gasteiger partial charge is 0.253 e. The first-order valence-electron chi connectivity index (χ1n) is 11.0. The number of hydrogen-bond acceptors (Lipinski definition) is 5. The van der Waals surface area contributed by atoms with Gasteiger partial charge in [0.2, 0.25) is 0 Å². The summed E-state index contributed by atoms with van der Waals surface area (Å²) in [4.78, 5) is 19.4. The molecular formula is C25H23Cl2N5O2. The standard InChI is InChI=1S/C25H23Cl2N5O2/c1-34-20-9-11-31(15-20)25(33)17-4-2-16(3-5-17)22-13-24(32-23(30-22)8-10-29-32)28-14-18-6-7-19(26)12-21(18)27/h2-8,10,12-13,20,28H,9,11,14-15H2,1H3. The molecule has 1 fully saturated rings. The minimum Gasteiger partial charge on any atom is -0.380 e. The fourth-order valence-corrected chi connectivity index (χ4v) is 4.58. The van der Waals surface area contributed by atoms with Crippen LogP contribution in [0.4, 0.5) is 5.82 Å². The highest BCUT2D eigenvalue weighted by Crippen LogP contribution is 2.26. The van der Waals surface area contributed by atoms with E-state index in [9.17, 15) is 4.79 Å². The van der Waals surface area contributed by atoms with Gasteiger partial charge in [-0.1, -0.05) is 41.4 Å². The van der Waals surface area contributed by atoms with Crippen LogP contribution in [0.15, 0.2) is 60.8 Å². The number of methoxy groups -OCH3 is 1. The van der Waals surface area contributed by atoms with E-state index < -0.39 is 0 Å². The molecule has 1 N–H and O–H groups in total. The first-order chi connectivity index (χ1) is 16.5. The van der Waals surface area contributed by atoms with Crippen LogP contribution in [0.25, 0.3) is 16.9 Å².